The molecule has 0 aliphatic heterocycles. The standard InChI is InChI=1S/2CH2O3.2Cs.2Li/c2*2-1(3)4;;;;/h2*(H2,2,3,4);;;;/q;;4*+1/p-4. The van der Waals surface area contributed by atoms with Gasteiger partial charge >= 0.3 is 176 Å². The van der Waals surface area contributed by atoms with Gasteiger partial charge in [-0.25, -0.2) is 0 Å². The number of carbonyl (C=O) groups is 2. The van der Waals surface area contributed by atoms with Crippen molar-refractivity contribution in [1.29, 1.82) is 0 Å². The van der Waals surface area contributed by atoms with Gasteiger partial charge in [0.2, 0.25) is 0 Å². The Labute approximate surface area is 211 Å². The Morgan fingerprint density at radius 3 is 0.667 bits per heavy atom. The normalized spacial score (nSPS) is 4.00. The zero-order valence-corrected chi connectivity index (χ0v) is 20.0. The van der Waals surface area contributed by atoms with E-state index in [2.05, 4.69) is 0 Å². The Kier molecular flexibility index (Phi) is 88.1. The van der Waals surface area contributed by atoms with Crippen LogP contribution >= 0.6 is 0 Å². The second-order valence-electron chi connectivity index (χ2n) is 0.500. The van der Waals surface area contributed by atoms with Crippen LogP contribution in [-0.2, 0) is 0 Å². The van der Waals surface area contributed by atoms with Crippen molar-refractivity contribution in [2.24, 2.45) is 0 Å². The molecule has 0 bridgehead atoms. The van der Waals surface area contributed by atoms with Crippen molar-refractivity contribution in [1.82, 2.24) is 0 Å². The van der Waals surface area contributed by atoms with E-state index in [1.807, 2.05) is 0 Å². The first-order valence-electron chi connectivity index (χ1n) is 1.22. The molecule has 48 valence electrons. The van der Waals surface area contributed by atoms with Gasteiger partial charge in [0.05, 0.1) is 0 Å². The summed E-state index contributed by atoms with van der Waals surface area (Å²) in [7, 11) is 0. The Balaban J connectivity index is -0.0000000112. The Hall–Kier alpha value is 3.84. The van der Waals surface area contributed by atoms with Crippen molar-refractivity contribution in [3.05, 3.63) is 0 Å². The Morgan fingerprint density at radius 2 is 0.667 bits per heavy atom. The number of carbonyl (C=O) groups excluding carboxylic acids is 2. The fourth-order valence-corrected chi connectivity index (χ4v) is 0. The third kappa shape index (κ3) is 155. The number of rotatable bonds is 0. The molecule has 0 aliphatic rings. The van der Waals surface area contributed by atoms with Crippen LogP contribution < -0.4 is 196 Å². The Morgan fingerprint density at radius 1 is 0.667 bits per heavy atom. The number of hydrogen-bond acceptors (Lipinski definition) is 6. The van der Waals surface area contributed by atoms with E-state index >= 15 is 0 Å². The van der Waals surface area contributed by atoms with E-state index in [0.29, 0.717) is 0 Å². The molecule has 0 saturated carbocycles. The topological polar surface area (TPSA) is 126 Å². The van der Waals surface area contributed by atoms with Gasteiger partial charge in [0.15, 0.2) is 0 Å². The van der Waals surface area contributed by atoms with Gasteiger partial charge in [-0.2, -0.15) is 0 Å². The second-order valence-corrected chi connectivity index (χ2v) is 0.500. The summed E-state index contributed by atoms with van der Waals surface area (Å²) in [5.41, 5.74) is 0. The van der Waals surface area contributed by atoms with Crippen LogP contribution in [0.25, 0.3) is 0 Å². The van der Waals surface area contributed by atoms with E-state index < -0.39 is 12.3 Å². The van der Waals surface area contributed by atoms with Crippen LogP contribution in [-0.4, -0.2) is 12.3 Å². The molecule has 10 heteroatoms. The summed E-state index contributed by atoms with van der Waals surface area (Å²) in [4.78, 5) is 16.7. The summed E-state index contributed by atoms with van der Waals surface area (Å²) in [6.45, 7) is 0. The molecule has 0 aromatic heterocycles. The van der Waals surface area contributed by atoms with Crippen molar-refractivity contribution < 1.29 is 206 Å². The van der Waals surface area contributed by atoms with Crippen LogP contribution in [0.3, 0.4) is 0 Å². The molecular weight excluding hydrogens is 400 g/mol. The third-order valence-corrected chi connectivity index (χ3v) is 0. The van der Waals surface area contributed by atoms with E-state index in [-0.39, 0.29) is 176 Å². The van der Waals surface area contributed by atoms with E-state index in [1.165, 1.54) is 0 Å². The molecule has 0 aromatic carbocycles. The molecule has 0 aliphatic carbocycles. The van der Waals surface area contributed by atoms with Crippen molar-refractivity contribution in [2.45, 2.75) is 0 Å². The minimum absolute atomic E-state index is 0. The zero-order chi connectivity index (χ0) is 7.15. The minimum Gasteiger partial charge on any atom is -0.652 e. The summed E-state index contributed by atoms with van der Waals surface area (Å²) in [6, 6.07) is 0. The molecule has 0 rings (SSSR count). The molecule has 0 unspecified atom stereocenters. The summed E-state index contributed by atoms with van der Waals surface area (Å²) in [5, 5.41) is 33.3. The first-order valence-corrected chi connectivity index (χ1v) is 1.22. The number of hydrogen-bond donors (Lipinski definition) is 0. The van der Waals surface area contributed by atoms with Gasteiger partial charge < -0.3 is 30.0 Å². The quantitative estimate of drug-likeness (QED) is 0.372. The van der Waals surface area contributed by atoms with Crippen molar-refractivity contribution in [3.8, 4) is 0 Å². The zero-order valence-electron chi connectivity index (χ0n) is 7.45. The van der Waals surface area contributed by atoms with Crippen LogP contribution in [0.4, 0.5) is 9.59 Å². The fourth-order valence-electron chi connectivity index (χ4n) is 0. The van der Waals surface area contributed by atoms with E-state index in [4.69, 9.17) is 30.0 Å². The second kappa shape index (κ2) is 29.4. The molecule has 0 saturated heterocycles. The van der Waals surface area contributed by atoms with Gasteiger partial charge in [-0.15, -0.1) is 0 Å². The maximum atomic E-state index is 8.33. The average Bonchev–Trinajstić information content (AvgIpc) is 1.25. The fraction of sp³-hybridized carbons (Fsp3) is 0. The van der Waals surface area contributed by atoms with Crippen LogP contribution in [0.15, 0.2) is 0 Å². The van der Waals surface area contributed by atoms with E-state index in [0.717, 1.165) is 0 Å². The van der Waals surface area contributed by atoms with Crippen LogP contribution in [0, 0.1) is 0 Å². The predicted octanol–water partition coefficient (Wildman–Crippen LogP) is -16.9. The molecule has 0 atom stereocenters. The van der Waals surface area contributed by atoms with Crippen LogP contribution in [0.1, 0.15) is 0 Å². The Bertz CT molecular complexity index is 79.5. The number of carboxylic acid groups (broad SMARTS) is 4. The molecule has 12 heavy (non-hydrogen) atoms. The monoisotopic (exact) mass is 400 g/mol. The summed E-state index contributed by atoms with van der Waals surface area (Å²) >= 11 is 0. The van der Waals surface area contributed by atoms with Gasteiger partial charge in [-0.05, 0) is 12.3 Å². The molecule has 0 aromatic rings. The summed E-state index contributed by atoms with van der Waals surface area (Å²) in [6.07, 6.45) is -4.67. The molecule has 0 amide bonds. The maximum Gasteiger partial charge on any atom is 1.00 e. The van der Waals surface area contributed by atoms with E-state index in [1.54, 1.807) is 0 Å². The molecule has 0 radical (unpaired) electrons. The van der Waals surface area contributed by atoms with Crippen LogP contribution in [0.5, 0.6) is 0 Å². The van der Waals surface area contributed by atoms with E-state index in [9.17, 15) is 0 Å². The summed E-state index contributed by atoms with van der Waals surface area (Å²) in [5.74, 6) is 0. The minimum atomic E-state index is -2.33. The first-order chi connectivity index (χ1) is 3.46. The molecule has 6 nitrogen and oxygen atoms in total. The molecule has 0 spiro atoms. The van der Waals surface area contributed by atoms with Crippen molar-refractivity contribution in [3.63, 3.8) is 0 Å². The van der Waals surface area contributed by atoms with Gasteiger partial charge in [0.1, 0.15) is 0 Å². The average molecular weight is 400 g/mol. The van der Waals surface area contributed by atoms with Crippen LogP contribution in [0.2, 0.25) is 0 Å². The van der Waals surface area contributed by atoms with Gasteiger partial charge in [-0.1, -0.05) is 0 Å². The van der Waals surface area contributed by atoms with Gasteiger partial charge in [0, 0.05) is 0 Å². The SMILES string of the molecule is O=C([O-])[O-].O=C([O-])[O-].[Cs+].[Cs+].[Li+].[Li+]. The molecule has 0 N–H and O–H groups in total. The molecular formula is C2Cs2Li2O6. The van der Waals surface area contributed by atoms with Crippen molar-refractivity contribution in [2.75, 3.05) is 0 Å². The maximum absolute atomic E-state index is 8.33. The van der Waals surface area contributed by atoms with Crippen molar-refractivity contribution >= 4 is 12.3 Å². The predicted molar refractivity (Wildman–Crippen MR) is 10.8 cm³/mol. The first kappa shape index (κ1) is 36.0. The summed E-state index contributed by atoms with van der Waals surface area (Å²) < 4.78 is 0. The largest absolute Gasteiger partial charge is 1.00 e. The molecule has 0 heterocycles. The molecule has 0 fully saturated rings. The smallest absolute Gasteiger partial charge is 0.652 e. The van der Waals surface area contributed by atoms with Gasteiger partial charge in [-0.3, -0.25) is 0 Å². The third-order valence-electron chi connectivity index (χ3n) is 0. The van der Waals surface area contributed by atoms with Gasteiger partial charge in [0.25, 0.3) is 0 Å².